The Hall–Kier alpha value is -2.13. The maximum Gasteiger partial charge on any atom is 0.119 e. The average Bonchev–Trinajstić information content (AvgIpc) is 2.52. The lowest BCUT2D eigenvalue weighted by Gasteiger charge is -2.13. The van der Waals surface area contributed by atoms with Crippen LogP contribution in [-0.4, -0.2) is 11.6 Å². The summed E-state index contributed by atoms with van der Waals surface area (Å²) in [5, 5.41) is 3.46. The lowest BCUT2D eigenvalue weighted by molar-refractivity contribution is 0.363. The van der Waals surface area contributed by atoms with Crippen LogP contribution in [0.15, 0.2) is 61.3 Å². The van der Waals surface area contributed by atoms with E-state index in [0.29, 0.717) is 6.61 Å². The van der Waals surface area contributed by atoms with Crippen LogP contribution < -0.4 is 10.1 Å². The number of ether oxygens (including phenoxy) is 1. The smallest absolute Gasteiger partial charge is 0.119 e. The summed E-state index contributed by atoms with van der Waals surface area (Å²) >= 11 is 0. The van der Waals surface area contributed by atoms with Gasteiger partial charge in [0.05, 0.1) is 5.69 Å². The zero-order valence-electron chi connectivity index (χ0n) is 11.8. The maximum absolute atomic E-state index is 5.46. The summed E-state index contributed by atoms with van der Waals surface area (Å²) in [5.74, 6) is 0.867. The first kappa shape index (κ1) is 14.3. The van der Waals surface area contributed by atoms with Crippen molar-refractivity contribution in [3.05, 3.63) is 72.6 Å². The molecule has 0 bridgehead atoms. The normalized spacial score (nSPS) is 11.8. The van der Waals surface area contributed by atoms with Gasteiger partial charge >= 0.3 is 0 Å². The fraction of sp³-hybridized carbons (Fsp3) is 0.235. The molecule has 0 amide bonds. The number of nitrogens with one attached hydrogen (secondary N) is 1. The number of aromatic nitrogens is 1. The van der Waals surface area contributed by atoms with Crippen LogP contribution in [-0.2, 0) is 6.54 Å². The van der Waals surface area contributed by atoms with Crippen molar-refractivity contribution in [3.8, 4) is 5.75 Å². The van der Waals surface area contributed by atoms with E-state index in [1.54, 1.807) is 6.08 Å². The predicted octanol–water partition coefficient (Wildman–Crippen LogP) is 3.50. The van der Waals surface area contributed by atoms with Gasteiger partial charge in [-0.3, -0.25) is 4.98 Å². The summed E-state index contributed by atoms with van der Waals surface area (Å²) in [7, 11) is 0. The molecule has 3 nitrogen and oxygen atoms in total. The van der Waals surface area contributed by atoms with Crippen LogP contribution in [0.5, 0.6) is 5.75 Å². The average molecular weight is 268 g/mol. The van der Waals surface area contributed by atoms with Crippen molar-refractivity contribution in [1.29, 1.82) is 0 Å². The Morgan fingerprint density at radius 2 is 2.05 bits per heavy atom. The first-order valence-electron chi connectivity index (χ1n) is 6.76. The minimum Gasteiger partial charge on any atom is -0.490 e. The Bertz CT molecular complexity index is 522. The second-order valence-electron chi connectivity index (χ2n) is 4.60. The quantitative estimate of drug-likeness (QED) is 0.780. The van der Waals surface area contributed by atoms with Crippen LogP contribution in [0.3, 0.4) is 0 Å². The van der Waals surface area contributed by atoms with Crippen LogP contribution in [0.2, 0.25) is 0 Å². The molecule has 1 atom stereocenters. The highest BCUT2D eigenvalue weighted by molar-refractivity contribution is 5.27. The lowest BCUT2D eigenvalue weighted by atomic mass is 10.1. The van der Waals surface area contributed by atoms with Crippen LogP contribution in [0.4, 0.5) is 0 Å². The summed E-state index contributed by atoms with van der Waals surface area (Å²) < 4.78 is 5.46. The third-order valence-electron chi connectivity index (χ3n) is 3.03. The third-order valence-corrected chi connectivity index (χ3v) is 3.03. The number of benzene rings is 1. The van der Waals surface area contributed by atoms with E-state index in [-0.39, 0.29) is 6.04 Å². The van der Waals surface area contributed by atoms with E-state index in [1.165, 1.54) is 5.56 Å². The molecule has 0 radical (unpaired) electrons. The molecule has 3 heteroatoms. The molecule has 2 rings (SSSR count). The van der Waals surface area contributed by atoms with Gasteiger partial charge in [-0.2, -0.15) is 0 Å². The second kappa shape index (κ2) is 7.46. The minimum absolute atomic E-state index is 0.230. The summed E-state index contributed by atoms with van der Waals surface area (Å²) in [6, 6.07) is 14.3. The standard InChI is InChI=1S/C17H20N2O/c1-3-12-20-16-9-7-15(8-10-16)13-19-14(2)17-6-4-5-11-18-17/h3-11,14,19H,1,12-13H2,2H3. The molecule has 1 aromatic heterocycles. The van der Waals surface area contributed by atoms with Gasteiger partial charge in [0.1, 0.15) is 12.4 Å². The Morgan fingerprint density at radius 1 is 1.25 bits per heavy atom. The van der Waals surface area contributed by atoms with Gasteiger partial charge in [-0.1, -0.05) is 30.9 Å². The Morgan fingerprint density at radius 3 is 2.70 bits per heavy atom. The maximum atomic E-state index is 5.46. The van der Waals surface area contributed by atoms with Crippen LogP contribution in [0.1, 0.15) is 24.2 Å². The minimum atomic E-state index is 0.230. The molecule has 0 aliphatic carbocycles. The van der Waals surface area contributed by atoms with Crippen molar-refractivity contribution in [2.24, 2.45) is 0 Å². The summed E-state index contributed by atoms with van der Waals surface area (Å²) in [4.78, 5) is 4.35. The van der Waals surface area contributed by atoms with Gasteiger partial charge in [0.25, 0.3) is 0 Å². The van der Waals surface area contributed by atoms with Gasteiger partial charge in [-0.25, -0.2) is 0 Å². The molecule has 2 aromatic rings. The Kier molecular flexibility index (Phi) is 5.33. The molecule has 0 fully saturated rings. The number of hydrogen-bond donors (Lipinski definition) is 1. The van der Waals surface area contributed by atoms with E-state index in [0.717, 1.165) is 18.0 Å². The topological polar surface area (TPSA) is 34.1 Å². The highest BCUT2D eigenvalue weighted by Crippen LogP contribution is 2.14. The number of pyridine rings is 1. The van der Waals surface area contributed by atoms with Crippen LogP contribution >= 0.6 is 0 Å². The lowest BCUT2D eigenvalue weighted by Crippen LogP contribution is -2.18. The van der Waals surface area contributed by atoms with E-state index in [4.69, 9.17) is 4.74 Å². The van der Waals surface area contributed by atoms with Crippen LogP contribution in [0.25, 0.3) is 0 Å². The van der Waals surface area contributed by atoms with E-state index < -0.39 is 0 Å². The molecule has 1 unspecified atom stereocenters. The van der Waals surface area contributed by atoms with Crippen molar-refractivity contribution in [3.63, 3.8) is 0 Å². The summed E-state index contributed by atoms with van der Waals surface area (Å²) in [6.07, 6.45) is 3.56. The zero-order valence-corrected chi connectivity index (χ0v) is 11.8. The molecule has 104 valence electrons. The second-order valence-corrected chi connectivity index (χ2v) is 4.60. The van der Waals surface area contributed by atoms with E-state index in [1.807, 2.05) is 36.5 Å². The van der Waals surface area contributed by atoms with Crippen LogP contribution in [0, 0.1) is 0 Å². The first-order valence-corrected chi connectivity index (χ1v) is 6.76. The highest BCUT2D eigenvalue weighted by Gasteiger charge is 2.05. The molecule has 1 N–H and O–H groups in total. The fourth-order valence-corrected chi connectivity index (χ4v) is 1.87. The highest BCUT2D eigenvalue weighted by atomic mass is 16.5. The van der Waals surface area contributed by atoms with E-state index in [9.17, 15) is 0 Å². The monoisotopic (exact) mass is 268 g/mol. The van der Waals surface area contributed by atoms with Gasteiger partial charge in [0.15, 0.2) is 0 Å². The molecule has 0 spiro atoms. The molecule has 0 aliphatic rings. The molecule has 20 heavy (non-hydrogen) atoms. The molecule has 1 heterocycles. The van der Waals surface area contributed by atoms with E-state index in [2.05, 4.69) is 35.9 Å². The van der Waals surface area contributed by atoms with Crippen molar-refractivity contribution >= 4 is 0 Å². The molecule has 0 saturated carbocycles. The number of nitrogens with zero attached hydrogens (tertiary/aromatic N) is 1. The van der Waals surface area contributed by atoms with Gasteiger partial charge < -0.3 is 10.1 Å². The molecule has 1 aromatic carbocycles. The zero-order chi connectivity index (χ0) is 14.2. The van der Waals surface area contributed by atoms with Gasteiger partial charge in [-0.15, -0.1) is 0 Å². The largest absolute Gasteiger partial charge is 0.490 e. The van der Waals surface area contributed by atoms with E-state index >= 15 is 0 Å². The first-order chi connectivity index (χ1) is 9.79. The number of rotatable bonds is 7. The SMILES string of the molecule is C=CCOc1ccc(CNC(C)c2ccccn2)cc1. The summed E-state index contributed by atoms with van der Waals surface area (Å²) in [5.41, 5.74) is 2.28. The van der Waals surface area contributed by atoms with Gasteiger partial charge in [0, 0.05) is 18.8 Å². The van der Waals surface area contributed by atoms with Gasteiger partial charge in [-0.05, 0) is 36.8 Å². The summed E-state index contributed by atoms with van der Waals surface area (Å²) in [6.45, 7) is 7.09. The van der Waals surface area contributed by atoms with Crippen molar-refractivity contribution in [1.82, 2.24) is 10.3 Å². The molecular formula is C17H20N2O. The van der Waals surface area contributed by atoms with Crippen molar-refractivity contribution < 1.29 is 4.74 Å². The fourth-order valence-electron chi connectivity index (χ4n) is 1.87. The third kappa shape index (κ3) is 4.21. The molecule has 0 saturated heterocycles. The Labute approximate surface area is 120 Å². The van der Waals surface area contributed by atoms with Gasteiger partial charge in [0.2, 0.25) is 0 Å². The Balaban J connectivity index is 1.86. The predicted molar refractivity (Wildman–Crippen MR) is 81.6 cm³/mol. The van der Waals surface area contributed by atoms with Crippen molar-refractivity contribution in [2.45, 2.75) is 19.5 Å². The molecule has 0 aliphatic heterocycles. The molecular weight excluding hydrogens is 248 g/mol. The number of hydrogen-bond acceptors (Lipinski definition) is 3. The van der Waals surface area contributed by atoms with Crippen molar-refractivity contribution in [2.75, 3.05) is 6.61 Å².